The molecule has 0 aromatic carbocycles. The summed E-state index contributed by atoms with van der Waals surface area (Å²) in [5.74, 6) is -0.0466. The highest BCUT2D eigenvalue weighted by molar-refractivity contribution is 5.85. The molecule has 180 valence electrons. The number of carbonyl (C=O) groups is 1. The van der Waals surface area contributed by atoms with Gasteiger partial charge in [0.25, 0.3) is 0 Å². The zero-order chi connectivity index (χ0) is 24.5. The fourth-order valence-electron chi connectivity index (χ4n) is 3.57. The predicted octanol–water partition coefficient (Wildman–Crippen LogP) is 4.34. The Morgan fingerprint density at radius 2 is 1.88 bits per heavy atom. The average Bonchev–Trinajstić information content (AvgIpc) is 2.77. The summed E-state index contributed by atoms with van der Waals surface area (Å²) in [7, 11) is 1.51. The minimum atomic E-state index is -0.523. The van der Waals surface area contributed by atoms with Gasteiger partial charge in [0, 0.05) is 24.8 Å². The van der Waals surface area contributed by atoms with Crippen LogP contribution in [0.15, 0.2) is 18.2 Å². The maximum atomic E-state index is 12.5. The minimum absolute atomic E-state index is 0.0769. The molecule has 0 aliphatic carbocycles. The largest absolute Gasteiger partial charge is 0.481 e. The minimum Gasteiger partial charge on any atom is -0.481 e. The molecule has 0 amide bonds. The molecule has 0 atom stereocenters. The number of nitrogens with zero attached hydrogens (tertiary/aromatic N) is 5. The number of esters is 1. The van der Waals surface area contributed by atoms with Crippen molar-refractivity contribution in [2.45, 2.75) is 47.5 Å². The van der Waals surface area contributed by atoms with Crippen LogP contribution < -0.4 is 14.5 Å². The maximum Gasteiger partial charge on any atom is 0.335 e. The third-order valence-electron chi connectivity index (χ3n) is 5.15. The molecule has 0 N–H and O–H groups in total. The van der Waals surface area contributed by atoms with Crippen molar-refractivity contribution in [2.75, 3.05) is 43.2 Å². The molecule has 0 fully saturated rings. The number of anilines is 3. The highest BCUT2D eigenvalue weighted by Crippen LogP contribution is 2.40. The van der Waals surface area contributed by atoms with E-state index in [-0.39, 0.29) is 24.7 Å². The van der Waals surface area contributed by atoms with Crippen LogP contribution in [-0.2, 0) is 9.53 Å². The zero-order valence-electron chi connectivity index (χ0n) is 20.3. The van der Waals surface area contributed by atoms with Crippen molar-refractivity contribution in [1.82, 2.24) is 9.97 Å². The summed E-state index contributed by atoms with van der Waals surface area (Å²) in [6.45, 7) is 10.5. The van der Waals surface area contributed by atoms with Crippen LogP contribution in [0.3, 0.4) is 0 Å². The highest BCUT2D eigenvalue weighted by atomic mass is 16.6. The Bertz CT molecular complexity index is 982. The van der Waals surface area contributed by atoms with Gasteiger partial charge in [0.2, 0.25) is 11.7 Å². The Balaban J connectivity index is 2.76. The molecule has 33 heavy (non-hydrogen) atoms. The number of rotatable bonds is 12. The number of aryl methyl sites for hydroxylation is 2. The molecule has 0 aliphatic heterocycles. The summed E-state index contributed by atoms with van der Waals surface area (Å²) in [5.41, 5.74) is 1.97. The summed E-state index contributed by atoms with van der Waals surface area (Å²) in [6, 6.07) is 5.08. The van der Waals surface area contributed by atoms with Gasteiger partial charge in [-0.2, -0.15) is 0 Å². The van der Waals surface area contributed by atoms with Gasteiger partial charge in [0.05, 0.1) is 30.0 Å². The van der Waals surface area contributed by atoms with Gasteiger partial charge in [0.15, 0.2) is 0 Å². The molecule has 2 rings (SSSR count). The molecule has 10 heteroatoms. The lowest BCUT2D eigenvalue weighted by Gasteiger charge is -2.28. The van der Waals surface area contributed by atoms with Crippen molar-refractivity contribution < 1.29 is 19.2 Å². The second-order valence-corrected chi connectivity index (χ2v) is 7.49. The molecule has 0 saturated carbocycles. The highest BCUT2D eigenvalue weighted by Gasteiger charge is 2.32. The molecule has 0 radical (unpaired) electrons. The van der Waals surface area contributed by atoms with Gasteiger partial charge in [-0.05, 0) is 46.2 Å². The maximum absolute atomic E-state index is 12.5. The van der Waals surface area contributed by atoms with Gasteiger partial charge in [-0.3, -0.25) is 14.9 Å². The van der Waals surface area contributed by atoms with Gasteiger partial charge in [-0.15, -0.1) is 0 Å². The van der Waals surface area contributed by atoms with Crippen molar-refractivity contribution in [1.29, 1.82) is 0 Å². The summed E-state index contributed by atoms with van der Waals surface area (Å²) >= 11 is 0. The normalized spacial score (nSPS) is 10.6. The number of aromatic nitrogens is 2. The number of ether oxygens (including phenoxy) is 2. The Morgan fingerprint density at radius 3 is 2.42 bits per heavy atom. The van der Waals surface area contributed by atoms with Crippen molar-refractivity contribution in [3.8, 4) is 5.88 Å². The lowest BCUT2D eigenvalue weighted by Crippen LogP contribution is -2.31. The standard InChI is InChI=1S/C23H33N5O5/c1-7-10-13-26(8-2)19-14-16(4)24-23(22(19)28(30)31)27(15-21(29)33-9-3)18-11-12-20(32-6)25-17(18)5/h11-12,14H,7-10,13,15H2,1-6H3. The first kappa shape index (κ1) is 25.8. The molecule has 0 bridgehead atoms. The van der Waals surface area contributed by atoms with Crippen LogP contribution >= 0.6 is 0 Å². The number of hydrogen-bond acceptors (Lipinski definition) is 9. The van der Waals surface area contributed by atoms with Crippen LogP contribution in [0.4, 0.5) is 22.9 Å². The summed E-state index contributed by atoms with van der Waals surface area (Å²) in [6.07, 6.45) is 1.86. The SMILES string of the molecule is CCCCN(CC)c1cc(C)nc(N(CC(=O)OCC)c2ccc(OC)nc2C)c1[N+](=O)[O-]. The van der Waals surface area contributed by atoms with E-state index in [1.54, 1.807) is 39.0 Å². The topological polar surface area (TPSA) is 111 Å². The molecular formula is C23H33N5O5. The number of pyridine rings is 2. The van der Waals surface area contributed by atoms with E-state index in [9.17, 15) is 14.9 Å². The fourth-order valence-corrected chi connectivity index (χ4v) is 3.57. The number of carbonyl (C=O) groups excluding carboxylic acids is 1. The summed E-state index contributed by atoms with van der Waals surface area (Å²) in [5, 5.41) is 12.3. The molecule has 0 aliphatic rings. The first-order valence-corrected chi connectivity index (χ1v) is 11.1. The van der Waals surface area contributed by atoms with Gasteiger partial charge in [-0.25, -0.2) is 9.97 Å². The Morgan fingerprint density at radius 1 is 1.15 bits per heavy atom. The number of unbranched alkanes of at least 4 members (excludes halogenated alkanes) is 1. The molecular weight excluding hydrogens is 426 g/mol. The van der Waals surface area contributed by atoms with Gasteiger partial charge in [-0.1, -0.05) is 13.3 Å². The van der Waals surface area contributed by atoms with E-state index in [1.165, 1.54) is 12.0 Å². The number of methoxy groups -OCH3 is 1. The van der Waals surface area contributed by atoms with E-state index in [1.807, 2.05) is 11.8 Å². The smallest absolute Gasteiger partial charge is 0.335 e. The quantitative estimate of drug-likeness (QED) is 0.260. The Labute approximate surface area is 194 Å². The Hall–Kier alpha value is -3.43. The second-order valence-electron chi connectivity index (χ2n) is 7.49. The van der Waals surface area contributed by atoms with Crippen LogP contribution in [0.25, 0.3) is 0 Å². The summed E-state index contributed by atoms with van der Waals surface area (Å²) < 4.78 is 10.3. The van der Waals surface area contributed by atoms with E-state index in [2.05, 4.69) is 16.9 Å². The molecule has 2 aromatic heterocycles. The number of nitro groups is 1. The van der Waals surface area contributed by atoms with Crippen LogP contribution in [0.1, 0.15) is 45.0 Å². The number of hydrogen-bond donors (Lipinski definition) is 0. The molecule has 0 spiro atoms. The third kappa shape index (κ3) is 6.30. The lowest BCUT2D eigenvalue weighted by molar-refractivity contribution is -0.383. The first-order valence-electron chi connectivity index (χ1n) is 11.1. The molecule has 0 saturated heterocycles. The van der Waals surface area contributed by atoms with Gasteiger partial charge in [0.1, 0.15) is 12.2 Å². The second kappa shape index (κ2) is 12.0. The lowest BCUT2D eigenvalue weighted by atomic mass is 10.2. The van der Waals surface area contributed by atoms with Crippen LogP contribution in [0, 0.1) is 24.0 Å². The van der Waals surface area contributed by atoms with Crippen molar-refractivity contribution >= 4 is 28.8 Å². The Kier molecular flexibility index (Phi) is 9.38. The summed E-state index contributed by atoms with van der Waals surface area (Å²) in [4.78, 5) is 36.8. The van der Waals surface area contributed by atoms with Gasteiger partial charge < -0.3 is 19.3 Å². The van der Waals surface area contributed by atoms with Gasteiger partial charge >= 0.3 is 11.7 Å². The monoisotopic (exact) mass is 459 g/mol. The zero-order valence-corrected chi connectivity index (χ0v) is 20.3. The molecule has 2 heterocycles. The van der Waals surface area contributed by atoms with Crippen LogP contribution in [0.5, 0.6) is 5.88 Å². The fraction of sp³-hybridized carbons (Fsp3) is 0.522. The van der Waals surface area contributed by atoms with Crippen molar-refractivity contribution in [3.05, 3.63) is 39.7 Å². The molecule has 2 aromatic rings. The van der Waals surface area contributed by atoms with E-state index < -0.39 is 10.9 Å². The van der Waals surface area contributed by atoms with Crippen molar-refractivity contribution in [3.63, 3.8) is 0 Å². The van der Waals surface area contributed by atoms with E-state index >= 15 is 0 Å². The first-order chi connectivity index (χ1) is 15.8. The average molecular weight is 460 g/mol. The van der Waals surface area contributed by atoms with Crippen LogP contribution in [0.2, 0.25) is 0 Å². The van der Waals surface area contributed by atoms with E-state index in [0.717, 1.165) is 12.8 Å². The van der Waals surface area contributed by atoms with Crippen LogP contribution in [-0.4, -0.2) is 54.2 Å². The van der Waals surface area contributed by atoms with E-state index in [0.29, 0.717) is 41.7 Å². The van der Waals surface area contributed by atoms with E-state index in [4.69, 9.17) is 9.47 Å². The molecule has 0 unspecified atom stereocenters. The molecule has 10 nitrogen and oxygen atoms in total. The third-order valence-corrected chi connectivity index (χ3v) is 5.15. The predicted molar refractivity (Wildman–Crippen MR) is 128 cm³/mol. The van der Waals surface area contributed by atoms with Crippen molar-refractivity contribution in [2.24, 2.45) is 0 Å².